The van der Waals surface area contributed by atoms with Crippen LogP contribution in [-0.4, -0.2) is 11.5 Å². The fraction of sp³-hybridized carbons (Fsp3) is 0.545. The Labute approximate surface area is 89.7 Å². The van der Waals surface area contributed by atoms with E-state index in [0.29, 0.717) is 6.04 Å². The van der Waals surface area contributed by atoms with Crippen LogP contribution in [0.5, 0.6) is 0 Å². The average molecular weight is 208 g/mol. The molecule has 2 N–H and O–H groups in total. The summed E-state index contributed by atoms with van der Waals surface area (Å²) in [6.45, 7) is 3.20. The summed E-state index contributed by atoms with van der Waals surface area (Å²) in [6.07, 6.45) is 5.91. The molecular formula is C11H16N2S. The molecule has 0 saturated carbocycles. The minimum absolute atomic E-state index is 0.522. The van der Waals surface area contributed by atoms with Gasteiger partial charge in [-0.25, -0.2) is 0 Å². The Balaban J connectivity index is 2.22. The molecule has 1 aromatic rings. The summed E-state index contributed by atoms with van der Waals surface area (Å²) in [5.41, 5.74) is 2.51. The lowest BCUT2D eigenvalue weighted by Crippen LogP contribution is -2.26. The van der Waals surface area contributed by atoms with Crippen LogP contribution >= 0.6 is 12.2 Å². The van der Waals surface area contributed by atoms with E-state index in [1.165, 1.54) is 30.4 Å². The summed E-state index contributed by atoms with van der Waals surface area (Å²) in [6, 6.07) is 2.72. The number of aryl methyl sites for hydroxylation is 1. The SMILES string of the molecule is Cc1cc([C@@H]2CCCCN2)c[nH]c1=S. The highest BCUT2D eigenvalue weighted by atomic mass is 32.1. The molecule has 3 heteroatoms. The zero-order valence-electron chi connectivity index (χ0n) is 8.47. The predicted molar refractivity (Wildman–Crippen MR) is 61.0 cm³/mol. The smallest absolute Gasteiger partial charge is 0.106 e. The van der Waals surface area contributed by atoms with Gasteiger partial charge in [0.25, 0.3) is 0 Å². The van der Waals surface area contributed by atoms with Gasteiger partial charge >= 0.3 is 0 Å². The summed E-state index contributed by atoms with van der Waals surface area (Å²) >= 11 is 5.14. The van der Waals surface area contributed by atoms with E-state index in [-0.39, 0.29) is 0 Å². The molecule has 1 aromatic heterocycles. The highest BCUT2D eigenvalue weighted by molar-refractivity contribution is 7.71. The van der Waals surface area contributed by atoms with Crippen LogP contribution in [-0.2, 0) is 0 Å². The lowest BCUT2D eigenvalue weighted by molar-refractivity contribution is 0.411. The molecule has 0 radical (unpaired) electrons. The molecule has 0 aromatic carbocycles. The summed E-state index contributed by atoms with van der Waals surface area (Å²) in [5.74, 6) is 0. The maximum Gasteiger partial charge on any atom is 0.106 e. The molecule has 76 valence electrons. The number of aromatic nitrogens is 1. The zero-order valence-corrected chi connectivity index (χ0v) is 9.29. The normalized spacial score (nSPS) is 22.2. The van der Waals surface area contributed by atoms with Gasteiger partial charge in [-0.3, -0.25) is 0 Å². The van der Waals surface area contributed by atoms with E-state index in [0.717, 1.165) is 11.2 Å². The van der Waals surface area contributed by atoms with Crippen molar-refractivity contribution in [3.8, 4) is 0 Å². The van der Waals surface area contributed by atoms with Gasteiger partial charge in [-0.1, -0.05) is 24.7 Å². The third-order valence-corrected chi connectivity index (χ3v) is 3.26. The Morgan fingerprint density at radius 2 is 2.29 bits per heavy atom. The number of nitrogens with one attached hydrogen (secondary N) is 2. The Bertz CT molecular complexity index is 364. The summed E-state index contributed by atoms with van der Waals surface area (Å²) < 4.78 is 0.851. The molecule has 0 bridgehead atoms. The van der Waals surface area contributed by atoms with E-state index >= 15 is 0 Å². The highest BCUT2D eigenvalue weighted by Gasteiger charge is 2.14. The quantitative estimate of drug-likeness (QED) is 0.695. The van der Waals surface area contributed by atoms with E-state index in [4.69, 9.17) is 12.2 Å². The van der Waals surface area contributed by atoms with Crippen LogP contribution < -0.4 is 5.32 Å². The lowest BCUT2D eigenvalue weighted by atomic mass is 9.98. The Kier molecular flexibility index (Phi) is 2.99. The summed E-state index contributed by atoms with van der Waals surface area (Å²) in [7, 11) is 0. The Morgan fingerprint density at radius 3 is 2.93 bits per heavy atom. The average Bonchev–Trinajstić information content (AvgIpc) is 2.23. The minimum Gasteiger partial charge on any atom is -0.352 e. The number of piperidine rings is 1. The van der Waals surface area contributed by atoms with Crippen LogP contribution in [0, 0.1) is 11.6 Å². The molecule has 2 rings (SSSR count). The topological polar surface area (TPSA) is 27.8 Å². The first kappa shape index (κ1) is 9.87. The van der Waals surface area contributed by atoms with Crippen molar-refractivity contribution >= 4 is 12.2 Å². The number of hydrogen-bond donors (Lipinski definition) is 2. The van der Waals surface area contributed by atoms with Gasteiger partial charge in [-0.05, 0) is 37.4 Å². The number of pyridine rings is 1. The molecule has 1 aliphatic heterocycles. The molecule has 0 aliphatic carbocycles. The third kappa shape index (κ3) is 2.04. The number of hydrogen-bond acceptors (Lipinski definition) is 2. The van der Waals surface area contributed by atoms with E-state index in [1.54, 1.807) is 0 Å². The first-order valence-electron chi connectivity index (χ1n) is 5.20. The molecular weight excluding hydrogens is 192 g/mol. The lowest BCUT2D eigenvalue weighted by Gasteiger charge is -2.23. The zero-order chi connectivity index (χ0) is 9.97. The Hall–Kier alpha value is -0.670. The van der Waals surface area contributed by atoms with Crippen LogP contribution in [0.15, 0.2) is 12.3 Å². The number of aromatic amines is 1. The molecule has 0 unspecified atom stereocenters. The highest BCUT2D eigenvalue weighted by Crippen LogP contribution is 2.22. The van der Waals surface area contributed by atoms with Crippen molar-refractivity contribution in [3.05, 3.63) is 28.0 Å². The molecule has 2 heterocycles. The summed E-state index contributed by atoms with van der Waals surface area (Å²) in [5, 5.41) is 3.53. The van der Waals surface area contributed by atoms with Crippen molar-refractivity contribution < 1.29 is 0 Å². The van der Waals surface area contributed by atoms with E-state index < -0.39 is 0 Å². The van der Waals surface area contributed by atoms with E-state index in [1.807, 2.05) is 6.20 Å². The molecule has 1 aliphatic rings. The second kappa shape index (κ2) is 4.24. The van der Waals surface area contributed by atoms with Gasteiger partial charge in [0.05, 0.1) is 0 Å². The molecule has 14 heavy (non-hydrogen) atoms. The van der Waals surface area contributed by atoms with Gasteiger partial charge in [-0.15, -0.1) is 0 Å². The third-order valence-electron chi connectivity index (χ3n) is 2.82. The van der Waals surface area contributed by atoms with Crippen LogP contribution in [0.3, 0.4) is 0 Å². The maximum atomic E-state index is 5.14. The largest absolute Gasteiger partial charge is 0.352 e. The van der Waals surface area contributed by atoms with E-state index in [2.05, 4.69) is 23.3 Å². The second-order valence-corrected chi connectivity index (χ2v) is 4.36. The van der Waals surface area contributed by atoms with Crippen LogP contribution in [0.2, 0.25) is 0 Å². The van der Waals surface area contributed by atoms with Gasteiger partial charge < -0.3 is 10.3 Å². The first-order valence-corrected chi connectivity index (χ1v) is 5.61. The minimum atomic E-state index is 0.522. The second-order valence-electron chi connectivity index (χ2n) is 3.95. The maximum absolute atomic E-state index is 5.14. The number of H-pyrrole nitrogens is 1. The van der Waals surface area contributed by atoms with Gasteiger partial charge in [-0.2, -0.15) is 0 Å². The molecule has 1 atom stereocenters. The number of rotatable bonds is 1. The van der Waals surface area contributed by atoms with Gasteiger partial charge in [0.15, 0.2) is 0 Å². The molecule has 0 amide bonds. The fourth-order valence-electron chi connectivity index (χ4n) is 1.96. The van der Waals surface area contributed by atoms with Crippen molar-refractivity contribution in [1.82, 2.24) is 10.3 Å². The van der Waals surface area contributed by atoms with Crippen LogP contribution in [0.25, 0.3) is 0 Å². The Morgan fingerprint density at radius 1 is 1.43 bits per heavy atom. The van der Waals surface area contributed by atoms with Crippen molar-refractivity contribution in [2.24, 2.45) is 0 Å². The van der Waals surface area contributed by atoms with Gasteiger partial charge in [0.1, 0.15) is 4.64 Å². The van der Waals surface area contributed by atoms with Crippen molar-refractivity contribution in [2.45, 2.75) is 32.2 Å². The van der Waals surface area contributed by atoms with Crippen LogP contribution in [0.1, 0.15) is 36.4 Å². The van der Waals surface area contributed by atoms with Crippen molar-refractivity contribution in [1.29, 1.82) is 0 Å². The molecule has 2 nitrogen and oxygen atoms in total. The standard InChI is InChI=1S/C11H16N2S/c1-8-6-9(7-13-11(8)14)10-4-2-3-5-12-10/h6-7,10,12H,2-5H2,1H3,(H,13,14)/t10-/m0/s1. The molecule has 1 fully saturated rings. The summed E-state index contributed by atoms with van der Waals surface area (Å²) in [4.78, 5) is 3.14. The molecule has 1 saturated heterocycles. The molecule has 0 spiro atoms. The fourth-order valence-corrected chi connectivity index (χ4v) is 2.08. The van der Waals surface area contributed by atoms with Crippen molar-refractivity contribution in [2.75, 3.05) is 6.54 Å². The van der Waals surface area contributed by atoms with Crippen molar-refractivity contribution in [3.63, 3.8) is 0 Å². The van der Waals surface area contributed by atoms with E-state index in [9.17, 15) is 0 Å². The van der Waals surface area contributed by atoms with Gasteiger partial charge in [0, 0.05) is 12.2 Å². The monoisotopic (exact) mass is 208 g/mol. The van der Waals surface area contributed by atoms with Crippen LogP contribution in [0.4, 0.5) is 0 Å². The first-order chi connectivity index (χ1) is 6.77. The van der Waals surface area contributed by atoms with Gasteiger partial charge in [0.2, 0.25) is 0 Å². The predicted octanol–water partition coefficient (Wildman–Crippen LogP) is 2.87.